The first-order valence-corrected chi connectivity index (χ1v) is 20.4. The number of phenolic OH excluding ortho intramolecular Hbond substituents is 1. The summed E-state index contributed by atoms with van der Waals surface area (Å²) in [7, 11) is 1.45. The number of aliphatic hydroxyl groups excluding tert-OH is 3. The van der Waals surface area contributed by atoms with Crippen LogP contribution in [0.1, 0.15) is 89.7 Å². The van der Waals surface area contributed by atoms with Gasteiger partial charge in [0.1, 0.15) is 22.5 Å². The van der Waals surface area contributed by atoms with E-state index in [2.05, 4.69) is 5.32 Å². The summed E-state index contributed by atoms with van der Waals surface area (Å²) in [5, 5.41) is 48.5. The van der Waals surface area contributed by atoms with Crippen LogP contribution in [0.4, 0.5) is 5.69 Å². The number of Topliss-reactive ketones (excluding diaryl/α,β-unsaturated/α-hetero) is 1. The average molecular weight is 829 g/mol. The predicted octanol–water partition coefficient (Wildman–Crippen LogP) is 6.95. The molecule has 60 heavy (non-hydrogen) atoms. The number of carbonyl (C=O) groups excluding carboxylic acids is 2. The number of aliphatic hydroxyl groups is 3. The van der Waals surface area contributed by atoms with Crippen LogP contribution < -0.4 is 20.2 Å². The molecule has 5 bridgehead atoms. The van der Waals surface area contributed by atoms with Gasteiger partial charge in [-0.3, -0.25) is 14.4 Å². The summed E-state index contributed by atoms with van der Waals surface area (Å²) in [6.07, 6.45) is 3.54. The average Bonchev–Trinajstić information content (AvgIpc) is 3.48. The zero-order valence-electron chi connectivity index (χ0n) is 35.9. The molecule has 322 valence electrons. The van der Waals surface area contributed by atoms with Gasteiger partial charge in [-0.1, -0.05) is 65.8 Å². The van der Waals surface area contributed by atoms with Gasteiger partial charge < -0.3 is 49.1 Å². The highest BCUT2D eigenvalue weighted by molar-refractivity contribution is 6.26. The minimum Gasteiger partial charge on any atom is -0.505 e. The number of fused-ring (bicyclic) bond motifs is 5. The Labute approximate surface area is 348 Å². The number of aromatic hydroxyl groups is 1. The van der Waals surface area contributed by atoms with Crippen LogP contribution in [0.3, 0.4) is 0 Å². The zero-order chi connectivity index (χ0) is 44.1. The van der Waals surface area contributed by atoms with E-state index in [-0.39, 0.29) is 61.5 Å². The van der Waals surface area contributed by atoms with E-state index in [4.69, 9.17) is 28.3 Å². The molecule has 0 aliphatic carbocycles. The number of anilines is 1. The van der Waals surface area contributed by atoms with Gasteiger partial charge in [-0.2, -0.15) is 0 Å². The topological polar surface area (TPSA) is 207 Å². The van der Waals surface area contributed by atoms with Crippen molar-refractivity contribution in [3.63, 3.8) is 0 Å². The second-order valence-electron chi connectivity index (χ2n) is 16.6. The molecule has 2 aliphatic rings. The predicted molar refractivity (Wildman–Crippen MR) is 228 cm³/mol. The Hall–Kier alpha value is -5.28. The minimum absolute atomic E-state index is 0.00310. The largest absolute Gasteiger partial charge is 0.505 e. The molecule has 0 spiro atoms. The van der Waals surface area contributed by atoms with Crippen LogP contribution in [0.25, 0.3) is 33.0 Å². The van der Waals surface area contributed by atoms with Gasteiger partial charge >= 0.3 is 5.79 Å². The van der Waals surface area contributed by atoms with Crippen molar-refractivity contribution >= 4 is 50.3 Å². The molecule has 0 fully saturated rings. The number of allylic oxidation sites excluding steroid dienone is 2. The Bertz CT molecular complexity index is 2500. The number of hydrogen-bond donors (Lipinski definition) is 5. The van der Waals surface area contributed by atoms with E-state index in [1.165, 1.54) is 39.4 Å². The summed E-state index contributed by atoms with van der Waals surface area (Å²) in [4.78, 5) is 47.8. The molecule has 1 aromatic heterocycles. The van der Waals surface area contributed by atoms with Crippen LogP contribution in [-0.2, 0) is 14.3 Å². The maximum atomic E-state index is 14.6. The monoisotopic (exact) mass is 828 g/mol. The highest BCUT2D eigenvalue weighted by Gasteiger charge is 2.49. The van der Waals surface area contributed by atoms with E-state index < -0.39 is 76.7 Å². The molecule has 9 atom stereocenters. The normalized spacial score (nSPS) is 30.0. The lowest BCUT2D eigenvalue weighted by molar-refractivity contribution is -0.112. The molecule has 14 heteroatoms. The number of ketones is 1. The molecule has 0 unspecified atom stereocenters. The third kappa shape index (κ3) is 7.54. The number of ether oxygens (including phenoxy) is 4. The fourth-order valence-corrected chi connectivity index (χ4v) is 8.22. The highest BCUT2D eigenvalue weighted by atomic mass is 16.7. The number of nitrogens with zero attached hydrogens (tertiary/aromatic N) is 1. The van der Waals surface area contributed by atoms with Gasteiger partial charge in [-0.25, -0.2) is 4.98 Å². The third-order valence-corrected chi connectivity index (χ3v) is 12.1. The molecular weight excluding hydrogens is 773 g/mol. The van der Waals surface area contributed by atoms with E-state index in [9.17, 15) is 34.8 Å². The van der Waals surface area contributed by atoms with Gasteiger partial charge in [0.25, 0.3) is 11.7 Å². The molecule has 6 rings (SSSR count). The van der Waals surface area contributed by atoms with Gasteiger partial charge in [0.2, 0.25) is 0 Å². The van der Waals surface area contributed by atoms with Crippen molar-refractivity contribution in [1.29, 1.82) is 0 Å². The molecule has 0 saturated carbocycles. The van der Waals surface area contributed by atoms with Crippen molar-refractivity contribution in [2.24, 2.45) is 23.7 Å². The second kappa shape index (κ2) is 17.0. The van der Waals surface area contributed by atoms with Gasteiger partial charge in [-0.15, -0.1) is 0 Å². The number of nitrogens with one attached hydrogen (secondary N) is 1. The highest BCUT2D eigenvalue weighted by Crippen LogP contribution is 2.49. The summed E-state index contributed by atoms with van der Waals surface area (Å²) in [6.45, 7) is 17.4. The molecule has 3 heterocycles. The van der Waals surface area contributed by atoms with E-state index >= 15 is 0 Å². The molecule has 4 aromatic rings. The van der Waals surface area contributed by atoms with Crippen molar-refractivity contribution in [3.05, 3.63) is 75.2 Å². The summed E-state index contributed by atoms with van der Waals surface area (Å²) in [5.41, 5.74) is 0.371. The second-order valence-corrected chi connectivity index (χ2v) is 16.6. The van der Waals surface area contributed by atoms with Gasteiger partial charge in [-0.05, 0) is 38.8 Å². The Kier molecular flexibility index (Phi) is 12.5. The standard InChI is InChI=1S/C46H56N2O12/c1-12-57-41-27(20(2)3)16-17-28-42(41)59-43-33(47-28)30-31-38(52)26(9)40-32(30)44(54)46(10,60-40)58-19-18-29(56-11)23(6)36(50)25(8)37(51)24(7)35(49)21(4)14-13-15-22(5)45(55)48-34(43)39(31)53/h13-21,23-25,29,35-37,49-51,53H,12H2,1-11H3,(H,48,55)/b14-13+,19-18+,22-15-/t21-,23+,24+,25-,29-,35-,36+,37+,46-/m0/s1. The Morgan fingerprint density at radius 3 is 2.25 bits per heavy atom. The lowest BCUT2D eigenvalue weighted by atomic mass is 9.78. The van der Waals surface area contributed by atoms with Crippen molar-refractivity contribution in [3.8, 4) is 17.2 Å². The van der Waals surface area contributed by atoms with Gasteiger partial charge in [0.15, 0.2) is 28.1 Å². The molecule has 0 saturated heterocycles. The van der Waals surface area contributed by atoms with E-state index in [1.807, 2.05) is 26.8 Å². The quantitative estimate of drug-likeness (QED) is 0.0803. The lowest BCUT2D eigenvalue weighted by Gasteiger charge is -2.36. The summed E-state index contributed by atoms with van der Waals surface area (Å²) in [5.74, 6) is -6.12. The zero-order valence-corrected chi connectivity index (χ0v) is 35.9. The Morgan fingerprint density at radius 2 is 1.60 bits per heavy atom. The van der Waals surface area contributed by atoms with E-state index in [1.54, 1.807) is 52.8 Å². The number of phenols is 1. The van der Waals surface area contributed by atoms with Crippen LogP contribution in [0.15, 0.2) is 57.5 Å². The first kappa shape index (κ1) is 44.3. The fraction of sp³-hybridized carbons (Fsp3) is 0.478. The Balaban J connectivity index is 1.64. The van der Waals surface area contributed by atoms with E-state index in [0.717, 1.165) is 5.56 Å². The van der Waals surface area contributed by atoms with Gasteiger partial charge in [0.05, 0.1) is 48.2 Å². The summed E-state index contributed by atoms with van der Waals surface area (Å²) >= 11 is 0. The van der Waals surface area contributed by atoms with Crippen LogP contribution in [0.5, 0.6) is 17.2 Å². The molecule has 2 aliphatic heterocycles. The Morgan fingerprint density at radius 1 is 0.933 bits per heavy atom. The number of rotatable bonds is 4. The van der Waals surface area contributed by atoms with Crippen LogP contribution in [0.2, 0.25) is 0 Å². The maximum absolute atomic E-state index is 14.6. The maximum Gasteiger partial charge on any atom is 0.312 e. The first-order valence-electron chi connectivity index (χ1n) is 20.4. The minimum atomic E-state index is -2.02. The van der Waals surface area contributed by atoms with Crippen molar-refractivity contribution in [2.45, 2.75) is 105 Å². The number of aromatic nitrogens is 1. The van der Waals surface area contributed by atoms with Crippen molar-refractivity contribution in [1.82, 2.24) is 4.98 Å². The molecule has 14 nitrogen and oxygen atoms in total. The number of hydrogen-bond acceptors (Lipinski definition) is 13. The SMILES string of the molecule is CCOc1c(C(C)C)ccc2nc3c(oc12)c1c(O)c2c(=O)c(C)c4c(c23)C(=O)[C@@](C)(O/C=C/[C@H](OC)[C@@H](C)[C@@H](O)[C@H](C)[C@H](O)[C@H](C)[C@@H](O)[C@@H](C)/C=C/C=C(/C)C(=O)N1)O4. The van der Waals surface area contributed by atoms with Gasteiger partial charge in [0, 0.05) is 59.8 Å². The smallest absolute Gasteiger partial charge is 0.312 e. The lowest BCUT2D eigenvalue weighted by Crippen LogP contribution is -2.44. The summed E-state index contributed by atoms with van der Waals surface area (Å²) in [6, 6.07) is 3.59. The molecule has 1 amide bonds. The molecule has 0 radical (unpaired) electrons. The van der Waals surface area contributed by atoms with Crippen LogP contribution >= 0.6 is 0 Å². The van der Waals surface area contributed by atoms with Crippen LogP contribution in [0, 0.1) is 30.6 Å². The van der Waals surface area contributed by atoms with Crippen molar-refractivity contribution < 1.29 is 53.4 Å². The fourth-order valence-electron chi connectivity index (χ4n) is 8.22. The number of amides is 1. The van der Waals surface area contributed by atoms with Crippen LogP contribution in [-0.4, -0.2) is 81.0 Å². The van der Waals surface area contributed by atoms with Crippen molar-refractivity contribution in [2.75, 3.05) is 19.0 Å². The van der Waals surface area contributed by atoms with E-state index in [0.29, 0.717) is 17.9 Å². The number of benzene rings is 3. The number of methoxy groups -OCH3 is 1. The molecule has 3 aromatic carbocycles. The molecule has 5 N–H and O–H groups in total. The number of carbonyl (C=O) groups is 2. The first-order chi connectivity index (χ1) is 28.3. The summed E-state index contributed by atoms with van der Waals surface area (Å²) < 4.78 is 30.6. The third-order valence-electron chi connectivity index (χ3n) is 12.1. The molecular formula is C46H56N2O12.